The van der Waals surface area contributed by atoms with E-state index in [0.717, 1.165) is 0 Å². The topological polar surface area (TPSA) is 96.2 Å². The van der Waals surface area contributed by atoms with Gasteiger partial charge in [0.05, 0.1) is 0 Å². The van der Waals surface area contributed by atoms with Gasteiger partial charge in [0.2, 0.25) is 5.91 Å². The lowest BCUT2D eigenvalue weighted by Gasteiger charge is -2.30. The molecule has 0 radical (unpaired) electrons. The average molecular weight is 212 g/mol. The Morgan fingerprint density at radius 2 is 2.40 bits per heavy atom. The molecule has 0 fully saturated rings. The lowest BCUT2D eigenvalue weighted by molar-refractivity contribution is -0.118. The van der Waals surface area contributed by atoms with Gasteiger partial charge in [-0.15, -0.1) is 0 Å². The molecule has 1 rings (SSSR count). The van der Waals surface area contributed by atoms with Gasteiger partial charge in [-0.1, -0.05) is 0 Å². The van der Waals surface area contributed by atoms with E-state index in [4.69, 9.17) is 5.73 Å². The van der Waals surface area contributed by atoms with E-state index in [9.17, 15) is 9.59 Å². The first-order valence-electron chi connectivity index (χ1n) is 4.81. The molecule has 0 saturated carbocycles. The van der Waals surface area contributed by atoms with Crippen LogP contribution in [0.3, 0.4) is 0 Å². The summed E-state index contributed by atoms with van der Waals surface area (Å²) in [5.41, 5.74) is 5.09. The molecule has 1 heterocycles. The van der Waals surface area contributed by atoms with Crippen LogP contribution in [0, 0.1) is 0 Å². The van der Waals surface area contributed by atoms with Gasteiger partial charge in [0, 0.05) is 19.7 Å². The number of amides is 3. The Morgan fingerprint density at radius 3 is 3.00 bits per heavy atom. The highest BCUT2D eigenvalue weighted by atomic mass is 16.2. The minimum absolute atomic E-state index is 0.0639. The summed E-state index contributed by atoms with van der Waals surface area (Å²) < 4.78 is 0. The van der Waals surface area contributed by atoms with E-state index in [0.29, 0.717) is 19.4 Å². The highest BCUT2D eigenvalue weighted by Crippen LogP contribution is 2.09. The van der Waals surface area contributed by atoms with Crippen molar-refractivity contribution >= 4 is 11.9 Å². The third kappa shape index (κ3) is 3.99. The Hall–Kier alpha value is -1.56. The van der Waals surface area contributed by atoms with Crippen molar-refractivity contribution in [2.45, 2.75) is 25.4 Å². The van der Waals surface area contributed by atoms with Crippen molar-refractivity contribution in [3.8, 4) is 0 Å². The van der Waals surface area contributed by atoms with Gasteiger partial charge in [0.1, 0.15) is 5.66 Å². The van der Waals surface area contributed by atoms with E-state index < -0.39 is 5.66 Å². The number of carbonyl (C=O) groups excluding carboxylic acids is 2. The molecular formula is C9H16N4O2. The second-order valence-corrected chi connectivity index (χ2v) is 3.56. The summed E-state index contributed by atoms with van der Waals surface area (Å²) in [5.74, 6) is -0.0639. The highest BCUT2D eigenvalue weighted by molar-refractivity contribution is 5.77. The number of hydrogen-bond donors (Lipinski definition) is 4. The average Bonchev–Trinajstić information content (AvgIpc) is 2.12. The maximum atomic E-state index is 11.0. The Labute approximate surface area is 88.3 Å². The molecule has 0 aliphatic carbocycles. The molecule has 6 heteroatoms. The largest absolute Gasteiger partial charge is 0.356 e. The number of nitrogens with two attached hydrogens (primary N) is 1. The van der Waals surface area contributed by atoms with Crippen molar-refractivity contribution in [1.29, 1.82) is 0 Å². The first-order chi connectivity index (χ1) is 7.02. The zero-order chi connectivity index (χ0) is 11.3. The predicted molar refractivity (Wildman–Crippen MR) is 55.6 cm³/mol. The van der Waals surface area contributed by atoms with Crippen LogP contribution in [-0.2, 0) is 4.79 Å². The second kappa shape index (κ2) is 4.79. The minimum Gasteiger partial charge on any atom is -0.356 e. The van der Waals surface area contributed by atoms with Crippen molar-refractivity contribution in [2.24, 2.45) is 5.73 Å². The molecule has 15 heavy (non-hydrogen) atoms. The van der Waals surface area contributed by atoms with E-state index in [2.05, 4.69) is 16.0 Å². The molecule has 0 aromatic carbocycles. The Morgan fingerprint density at radius 1 is 1.67 bits per heavy atom. The van der Waals surface area contributed by atoms with E-state index in [1.165, 1.54) is 13.1 Å². The minimum atomic E-state index is -0.805. The number of rotatable bonds is 4. The highest BCUT2D eigenvalue weighted by Gasteiger charge is 2.25. The third-order valence-corrected chi connectivity index (χ3v) is 2.08. The fourth-order valence-corrected chi connectivity index (χ4v) is 1.35. The van der Waals surface area contributed by atoms with Crippen molar-refractivity contribution in [3.05, 3.63) is 12.3 Å². The summed E-state index contributed by atoms with van der Waals surface area (Å²) in [5, 5.41) is 7.74. The summed E-state index contributed by atoms with van der Waals surface area (Å²) >= 11 is 0. The summed E-state index contributed by atoms with van der Waals surface area (Å²) in [6, 6.07) is -0.306. The molecule has 1 unspecified atom stereocenters. The van der Waals surface area contributed by atoms with E-state index in [1.807, 2.05) is 0 Å². The Kier molecular flexibility index (Phi) is 3.68. The zero-order valence-corrected chi connectivity index (χ0v) is 8.67. The van der Waals surface area contributed by atoms with Gasteiger partial charge in [-0.05, 0) is 18.9 Å². The van der Waals surface area contributed by atoms with Crippen LogP contribution in [0.25, 0.3) is 0 Å². The quantitative estimate of drug-likeness (QED) is 0.468. The maximum absolute atomic E-state index is 11.0. The Balaban J connectivity index is 2.30. The van der Waals surface area contributed by atoms with Gasteiger partial charge in [-0.25, -0.2) is 4.79 Å². The second-order valence-electron chi connectivity index (χ2n) is 3.56. The normalized spacial score (nSPS) is 24.3. The molecule has 0 saturated heterocycles. The van der Waals surface area contributed by atoms with Gasteiger partial charge >= 0.3 is 6.03 Å². The van der Waals surface area contributed by atoms with Crippen LogP contribution >= 0.6 is 0 Å². The van der Waals surface area contributed by atoms with E-state index >= 15 is 0 Å². The van der Waals surface area contributed by atoms with Crippen LogP contribution in [0.2, 0.25) is 0 Å². The van der Waals surface area contributed by atoms with Gasteiger partial charge in [0.15, 0.2) is 0 Å². The van der Waals surface area contributed by atoms with Crippen LogP contribution in [0.4, 0.5) is 4.79 Å². The lowest BCUT2D eigenvalue weighted by Crippen LogP contribution is -2.59. The summed E-state index contributed by atoms with van der Waals surface area (Å²) in [4.78, 5) is 21.6. The standard InChI is InChI=1S/C9H16N4O2/c1-7(14)11-5-2-3-9(10)4-6-12-8(15)13-9/h4,6H,2-3,5,10H2,1H3,(H,11,14)(H2,12,13,15). The van der Waals surface area contributed by atoms with E-state index in [1.54, 1.807) is 6.08 Å². The molecule has 0 aromatic heterocycles. The van der Waals surface area contributed by atoms with Crippen molar-refractivity contribution in [2.75, 3.05) is 6.54 Å². The maximum Gasteiger partial charge on any atom is 0.320 e. The fourth-order valence-electron chi connectivity index (χ4n) is 1.35. The molecule has 5 N–H and O–H groups in total. The first kappa shape index (κ1) is 11.5. The molecule has 1 atom stereocenters. The number of urea groups is 1. The van der Waals surface area contributed by atoms with Crippen LogP contribution < -0.4 is 21.7 Å². The number of hydrogen-bond acceptors (Lipinski definition) is 3. The van der Waals surface area contributed by atoms with Crippen LogP contribution in [0.15, 0.2) is 12.3 Å². The molecule has 1 aliphatic rings. The molecule has 3 amide bonds. The summed E-state index contributed by atoms with van der Waals surface area (Å²) in [6.45, 7) is 2.02. The molecular weight excluding hydrogens is 196 g/mol. The zero-order valence-electron chi connectivity index (χ0n) is 8.67. The van der Waals surface area contributed by atoms with Gasteiger partial charge < -0.3 is 21.7 Å². The lowest BCUT2D eigenvalue weighted by atomic mass is 10.0. The van der Waals surface area contributed by atoms with Crippen LogP contribution in [0.1, 0.15) is 19.8 Å². The fraction of sp³-hybridized carbons (Fsp3) is 0.556. The molecule has 0 bridgehead atoms. The monoisotopic (exact) mass is 212 g/mol. The molecule has 0 aromatic rings. The predicted octanol–water partition coefficient (Wildman–Crippen LogP) is -0.616. The van der Waals surface area contributed by atoms with Crippen molar-refractivity contribution in [3.63, 3.8) is 0 Å². The van der Waals surface area contributed by atoms with E-state index in [-0.39, 0.29) is 11.9 Å². The smallest absolute Gasteiger partial charge is 0.320 e. The van der Waals surface area contributed by atoms with Gasteiger partial charge in [0.25, 0.3) is 0 Å². The molecule has 84 valence electrons. The molecule has 0 spiro atoms. The molecule has 6 nitrogen and oxygen atoms in total. The van der Waals surface area contributed by atoms with Gasteiger partial charge in [-0.2, -0.15) is 0 Å². The number of nitrogens with one attached hydrogen (secondary N) is 3. The van der Waals surface area contributed by atoms with Crippen LogP contribution in [0.5, 0.6) is 0 Å². The van der Waals surface area contributed by atoms with Crippen molar-refractivity contribution < 1.29 is 9.59 Å². The SMILES string of the molecule is CC(=O)NCCCC1(N)C=CNC(=O)N1. The first-order valence-corrected chi connectivity index (χ1v) is 4.81. The van der Waals surface area contributed by atoms with Crippen molar-refractivity contribution in [1.82, 2.24) is 16.0 Å². The summed E-state index contributed by atoms with van der Waals surface area (Å²) in [7, 11) is 0. The number of carbonyl (C=O) groups is 2. The summed E-state index contributed by atoms with van der Waals surface area (Å²) in [6.07, 6.45) is 4.51. The Bertz CT molecular complexity index is 290. The van der Waals surface area contributed by atoms with Gasteiger partial charge in [-0.3, -0.25) is 4.79 Å². The third-order valence-electron chi connectivity index (χ3n) is 2.08. The van der Waals surface area contributed by atoms with Crippen LogP contribution in [-0.4, -0.2) is 24.1 Å². The molecule has 1 aliphatic heterocycles.